The number of benzene rings is 1. The fourth-order valence-corrected chi connectivity index (χ4v) is 3.39. The topological polar surface area (TPSA) is 29.5 Å². The van der Waals surface area contributed by atoms with Gasteiger partial charge in [-0.2, -0.15) is 0 Å². The first-order valence-electron chi connectivity index (χ1n) is 6.86. The molecule has 1 heterocycles. The quantitative estimate of drug-likeness (QED) is 0.718. The standard InChI is InChI=1S/C15H21NO2S/c1-2-10-18-11-6-9-16-14(17)12-19-15(16)13-7-4-3-5-8-13/h3-5,7-8,15H,2,6,9-12H2,1H3. The third-order valence-corrected chi connectivity index (χ3v) is 4.34. The molecule has 0 radical (unpaired) electrons. The summed E-state index contributed by atoms with van der Waals surface area (Å²) < 4.78 is 5.47. The van der Waals surface area contributed by atoms with Gasteiger partial charge in [-0.25, -0.2) is 0 Å². The van der Waals surface area contributed by atoms with Crippen LogP contribution >= 0.6 is 11.8 Å². The van der Waals surface area contributed by atoms with Crippen LogP contribution in [-0.4, -0.2) is 36.3 Å². The van der Waals surface area contributed by atoms with Crippen molar-refractivity contribution < 1.29 is 9.53 Å². The number of ether oxygens (including phenoxy) is 1. The van der Waals surface area contributed by atoms with Gasteiger partial charge in [0.25, 0.3) is 0 Å². The van der Waals surface area contributed by atoms with Crippen molar-refractivity contribution in [1.29, 1.82) is 0 Å². The SMILES string of the molecule is CCCOCCCN1C(=O)CSC1c1ccccc1. The van der Waals surface area contributed by atoms with Gasteiger partial charge in [-0.15, -0.1) is 11.8 Å². The molecule has 1 unspecified atom stereocenters. The van der Waals surface area contributed by atoms with Gasteiger partial charge >= 0.3 is 0 Å². The highest BCUT2D eigenvalue weighted by molar-refractivity contribution is 8.00. The highest BCUT2D eigenvalue weighted by atomic mass is 32.2. The van der Waals surface area contributed by atoms with E-state index in [2.05, 4.69) is 19.1 Å². The molecule has 1 amide bonds. The average Bonchev–Trinajstić information content (AvgIpc) is 2.81. The van der Waals surface area contributed by atoms with E-state index >= 15 is 0 Å². The van der Waals surface area contributed by atoms with Crippen molar-refractivity contribution in [2.24, 2.45) is 0 Å². The van der Waals surface area contributed by atoms with Crippen LogP contribution in [0.25, 0.3) is 0 Å². The number of thioether (sulfide) groups is 1. The summed E-state index contributed by atoms with van der Waals surface area (Å²) in [6, 6.07) is 10.3. The van der Waals surface area contributed by atoms with E-state index < -0.39 is 0 Å². The van der Waals surface area contributed by atoms with Crippen molar-refractivity contribution in [2.75, 3.05) is 25.5 Å². The minimum Gasteiger partial charge on any atom is -0.381 e. The normalized spacial score (nSPS) is 19.1. The van der Waals surface area contributed by atoms with Crippen LogP contribution in [0.1, 0.15) is 30.7 Å². The number of nitrogens with zero attached hydrogens (tertiary/aromatic N) is 1. The molecule has 2 rings (SSSR count). The monoisotopic (exact) mass is 279 g/mol. The smallest absolute Gasteiger partial charge is 0.233 e. The number of hydrogen-bond donors (Lipinski definition) is 0. The Bertz CT molecular complexity index is 396. The van der Waals surface area contributed by atoms with Crippen molar-refractivity contribution >= 4 is 17.7 Å². The van der Waals surface area contributed by atoms with Crippen LogP contribution < -0.4 is 0 Å². The highest BCUT2D eigenvalue weighted by Gasteiger charge is 2.31. The molecule has 1 fully saturated rings. The number of carbonyl (C=O) groups excluding carboxylic acids is 1. The van der Waals surface area contributed by atoms with E-state index in [-0.39, 0.29) is 11.3 Å². The molecule has 1 aliphatic rings. The zero-order valence-electron chi connectivity index (χ0n) is 11.4. The average molecular weight is 279 g/mol. The number of rotatable bonds is 7. The van der Waals surface area contributed by atoms with Crippen LogP contribution in [0.15, 0.2) is 30.3 Å². The molecule has 0 saturated carbocycles. The minimum absolute atomic E-state index is 0.180. The van der Waals surface area contributed by atoms with E-state index in [1.165, 1.54) is 5.56 Å². The Morgan fingerprint density at radius 2 is 2.11 bits per heavy atom. The Hall–Kier alpha value is -1.00. The van der Waals surface area contributed by atoms with Crippen LogP contribution in [-0.2, 0) is 9.53 Å². The van der Waals surface area contributed by atoms with Gasteiger partial charge in [-0.1, -0.05) is 37.3 Å². The van der Waals surface area contributed by atoms with E-state index in [9.17, 15) is 4.79 Å². The molecule has 0 aliphatic carbocycles. The highest BCUT2D eigenvalue weighted by Crippen LogP contribution is 2.38. The lowest BCUT2D eigenvalue weighted by atomic mass is 10.2. The molecule has 19 heavy (non-hydrogen) atoms. The van der Waals surface area contributed by atoms with Gasteiger partial charge in [-0.05, 0) is 18.4 Å². The molecule has 0 aromatic heterocycles. The van der Waals surface area contributed by atoms with Crippen molar-refractivity contribution in [3.63, 3.8) is 0 Å². The largest absolute Gasteiger partial charge is 0.381 e. The summed E-state index contributed by atoms with van der Waals surface area (Å²) in [5, 5.41) is 0.180. The third-order valence-electron chi connectivity index (χ3n) is 3.09. The third kappa shape index (κ3) is 3.98. The van der Waals surface area contributed by atoms with E-state index in [4.69, 9.17) is 4.74 Å². The van der Waals surface area contributed by atoms with Crippen molar-refractivity contribution in [3.8, 4) is 0 Å². The Balaban J connectivity index is 1.87. The molecule has 1 aliphatic heterocycles. The number of hydrogen-bond acceptors (Lipinski definition) is 3. The predicted octanol–water partition coefficient (Wildman–Crippen LogP) is 3.08. The second-order valence-electron chi connectivity index (χ2n) is 4.63. The molecular weight excluding hydrogens is 258 g/mol. The van der Waals surface area contributed by atoms with Crippen LogP contribution in [0.2, 0.25) is 0 Å². The lowest BCUT2D eigenvalue weighted by Crippen LogP contribution is -2.29. The Labute approximate surface area is 119 Å². The molecule has 1 saturated heterocycles. The Morgan fingerprint density at radius 1 is 1.32 bits per heavy atom. The summed E-state index contributed by atoms with van der Waals surface area (Å²) >= 11 is 1.72. The number of amides is 1. The Morgan fingerprint density at radius 3 is 2.84 bits per heavy atom. The maximum Gasteiger partial charge on any atom is 0.233 e. The Kier molecular flexibility index (Phi) is 5.73. The molecule has 1 atom stereocenters. The summed E-state index contributed by atoms with van der Waals surface area (Å²) in [7, 11) is 0. The summed E-state index contributed by atoms with van der Waals surface area (Å²) in [5.74, 6) is 0.837. The lowest BCUT2D eigenvalue weighted by Gasteiger charge is -2.24. The molecule has 1 aromatic rings. The second kappa shape index (κ2) is 7.56. The van der Waals surface area contributed by atoms with Crippen LogP contribution in [0, 0.1) is 0 Å². The molecule has 0 N–H and O–H groups in total. The van der Waals surface area contributed by atoms with E-state index in [0.29, 0.717) is 5.75 Å². The predicted molar refractivity (Wildman–Crippen MR) is 79.1 cm³/mol. The van der Waals surface area contributed by atoms with Crippen LogP contribution in [0.5, 0.6) is 0 Å². The van der Waals surface area contributed by atoms with Gasteiger partial charge in [0, 0.05) is 19.8 Å². The van der Waals surface area contributed by atoms with Crippen molar-refractivity contribution in [1.82, 2.24) is 4.90 Å². The van der Waals surface area contributed by atoms with Gasteiger partial charge in [0.2, 0.25) is 5.91 Å². The summed E-state index contributed by atoms with van der Waals surface area (Å²) in [4.78, 5) is 13.9. The van der Waals surface area contributed by atoms with Gasteiger partial charge in [0.1, 0.15) is 5.37 Å². The summed E-state index contributed by atoms with van der Waals surface area (Å²) in [5.41, 5.74) is 1.22. The van der Waals surface area contributed by atoms with E-state index in [1.54, 1.807) is 11.8 Å². The maximum absolute atomic E-state index is 11.9. The fourth-order valence-electron chi connectivity index (χ4n) is 2.17. The first kappa shape index (κ1) is 14.4. The summed E-state index contributed by atoms with van der Waals surface area (Å²) in [6.45, 7) is 4.44. The lowest BCUT2D eigenvalue weighted by molar-refractivity contribution is -0.128. The first-order valence-corrected chi connectivity index (χ1v) is 7.91. The minimum atomic E-state index is 0.180. The van der Waals surface area contributed by atoms with Crippen molar-refractivity contribution in [2.45, 2.75) is 25.1 Å². The zero-order chi connectivity index (χ0) is 13.5. The molecule has 0 spiro atoms. The fraction of sp³-hybridized carbons (Fsp3) is 0.533. The zero-order valence-corrected chi connectivity index (χ0v) is 12.2. The van der Waals surface area contributed by atoms with Crippen LogP contribution in [0.4, 0.5) is 0 Å². The van der Waals surface area contributed by atoms with Gasteiger partial charge in [0.15, 0.2) is 0 Å². The van der Waals surface area contributed by atoms with Crippen LogP contribution in [0.3, 0.4) is 0 Å². The summed E-state index contributed by atoms with van der Waals surface area (Å²) in [6.07, 6.45) is 1.96. The molecule has 1 aromatic carbocycles. The first-order chi connectivity index (χ1) is 9.33. The molecule has 0 bridgehead atoms. The van der Waals surface area contributed by atoms with Gasteiger partial charge < -0.3 is 9.64 Å². The molecule has 104 valence electrons. The molecular formula is C15H21NO2S. The van der Waals surface area contributed by atoms with E-state index in [0.717, 1.165) is 32.6 Å². The number of carbonyl (C=O) groups is 1. The van der Waals surface area contributed by atoms with Crippen molar-refractivity contribution in [3.05, 3.63) is 35.9 Å². The van der Waals surface area contributed by atoms with E-state index in [1.807, 2.05) is 23.1 Å². The molecule has 3 nitrogen and oxygen atoms in total. The molecule has 4 heteroatoms. The maximum atomic E-state index is 11.9. The van der Waals surface area contributed by atoms with Gasteiger partial charge in [-0.3, -0.25) is 4.79 Å². The van der Waals surface area contributed by atoms with Gasteiger partial charge in [0.05, 0.1) is 5.75 Å². The second-order valence-corrected chi connectivity index (χ2v) is 5.70.